The number of aryl methyl sites for hydroxylation is 2. The first-order chi connectivity index (χ1) is 11.1. The number of benzene rings is 1. The molecule has 5 heteroatoms. The highest BCUT2D eigenvalue weighted by Crippen LogP contribution is 2.18. The predicted molar refractivity (Wildman–Crippen MR) is 87.0 cm³/mol. The summed E-state index contributed by atoms with van der Waals surface area (Å²) in [5, 5.41) is 9.47. The standard InChI is InChI=1S/C18H18N2O3/c1-3-13-4-6-14(7-5-13)23-11-15-17(18(21)22)20-9-8-12(2)10-16(20)19-15/h4-10H,3,11H2,1-2H3,(H,21,22). The quantitative estimate of drug-likeness (QED) is 0.783. The van der Waals surface area contributed by atoms with Gasteiger partial charge in [0.25, 0.3) is 0 Å². The molecule has 3 rings (SSSR count). The van der Waals surface area contributed by atoms with Crippen molar-refractivity contribution in [1.82, 2.24) is 9.38 Å². The van der Waals surface area contributed by atoms with Gasteiger partial charge in [0, 0.05) is 6.20 Å². The van der Waals surface area contributed by atoms with Crippen LogP contribution in [0.1, 0.15) is 34.2 Å². The minimum atomic E-state index is -1.01. The number of carbonyl (C=O) groups is 1. The maximum atomic E-state index is 11.6. The Balaban J connectivity index is 1.89. The number of fused-ring (bicyclic) bond motifs is 1. The van der Waals surface area contributed by atoms with Crippen molar-refractivity contribution in [1.29, 1.82) is 0 Å². The van der Waals surface area contributed by atoms with Crippen LogP contribution >= 0.6 is 0 Å². The largest absolute Gasteiger partial charge is 0.487 e. The third kappa shape index (κ3) is 3.04. The molecular weight excluding hydrogens is 292 g/mol. The third-order valence-electron chi connectivity index (χ3n) is 3.76. The van der Waals surface area contributed by atoms with Gasteiger partial charge in [-0.3, -0.25) is 4.40 Å². The molecule has 0 spiro atoms. The van der Waals surface area contributed by atoms with Gasteiger partial charge >= 0.3 is 5.97 Å². The van der Waals surface area contributed by atoms with Crippen molar-refractivity contribution >= 4 is 11.6 Å². The molecule has 1 N–H and O–H groups in total. The molecule has 0 amide bonds. The molecule has 0 aliphatic rings. The van der Waals surface area contributed by atoms with Crippen LogP contribution in [-0.2, 0) is 13.0 Å². The van der Waals surface area contributed by atoms with E-state index in [4.69, 9.17) is 4.74 Å². The molecule has 118 valence electrons. The van der Waals surface area contributed by atoms with Gasteiger partial charge in [0.15, 0.2) is 5.69 Å². The minimum absolute atomic E-state index is 0.119. The van der Waals surface area contributed by atoms with E-state index in [1.807, 2.05) is 43.3 Å². The number of carboxylic acid groups (broad SMARTS) is 1. The highest BCUT2D eigenvalue weighted by molar-refractivity contribution is 5.88. The maximum Gasteiger partial charge on any atom is 0.354 e. The molecule has 0 saturated heterocycles. The number of hydrogen-bond acceptors (Lipinski definition) is 3. The summed E-state index contributed by atoms with van der Waals surface area (Å²) in [6.45, 7) is 4.15. The summed E-state index contributed by atoms with van der Waals surface area (Å²) in [5.74, 6) is -0.312. The monoisotopic (exact) mass is 310 g/mol. The molecule has 5 nitrogen and oxygen atoms in total. The van der Waals surface area contributed by atoms with Gasteiger partial charge in [0.2, 0.25) is 0 Å². The average molecular weight is 310 g/mol. The number of aromatic carboxylic acids is 1. The smallest absolute Gasteiger partial charge is 0.354 e. The highest BCUT2D eigenvalue weighted by Gasteiger charge is 2.19. The van der Waals surface area contributed by atoms with Crippen LogP contribution < -0.4 is 4.74 Å². The van der Waals surface area contributed by atoms with Gasteiger partial charge in [-0.25, -0.2) is 9.78 Å². The Morgan fingerprint density at radius 2 is 2.00 bits per heavy atom. The number of imidazole rings is 1. The van der Waals surface area contributed by atoms with E-state index in [0.717, 1.165) is 12.0 Å². The van der Waals surface area contributed by atoms with Gasteiger partial charge < -0.3 is 9.84 Å². The molecule has 2 heterocycles. The topological polar surface area (TPSA) is 63.8 Å². The third-order valence-corrected chi connectivity index (χ3v) is 3.76. The fourth-order valence-electron chi connectivity index (χ4n) is 2.50. The van der Waals surface area contributed by atoms with E-state index in [2.05, 4.69) is 11.9 Å². The summed E-state index contributed by atoms with van der Waals surface area (Å²) in [4.78, 5) is 16.0. The zero-order chi connectivity index (χ0) is 16.4. The summed E-state index contributed by atoms with van der Waals surface area (Å²) in [6.07, 6.45) is 2.69. The van der Waals surface area contributed by atoms with Gasteiger partial charge in [-0.2, -0.15) is 0 Å². The number of aromatic nitrogens is 2. The summed E-state index contributed by atoms with van der Waals surface area (Å²) >= 11 is 0. The average Bonchev–Trinajstić information content (AvgIpc) is 2.91. The Morgan fingerprint density at radius 1 is 1.26 bits per heavy atom. The first-order valence-electron chi connectivity index (χ1n) is 7.51. The lowest BCUT2D eigenvalue weighted by Gasteiger charge is -2.06. The van der Waals surface area contributed by atoms with Crippen molar-refractivity contribution in [3.8, 4) is 5.75 Å². The molecule has 0 aliphatic heterocycles. The van der Waals surface area contributed by atoms with Crippen LogP contribution in [0.5, 0.6) is 5.75 Å². The summed E-state index contributed by atoms with van der Waals surface area (Å²) in [6, 6.07) is 11.5. The van der Waals surface area contributed by atoms with Crippen molar-refractivity contribution < 1.29 is 14.6 Å². The molecule has 0 fully saturated rings. The number of hydrogen-bond donors (Lipinski definition) is 1. The minimum Gasteiger partial charge on any atom is -0.487 e. The molecule has 0 bridgehead atoms. The van der Waals surface area contributed by atoms with E-state index in [-0.39, 0.29) is 12.3 Å². The van der Waals surface area contributed by atoms with Gasteiger partial charge in [-0.05, 0) is 48.7 Å². The van der Waals surface area contributed by atoms with Gasteiger partial charge in [-0.15, -0.1) is 0 Å². The molecule has 0 atom stereocenters. The van der Waals surface area contributed by atoms with Crippen LogP contribution in [0.3, 0.4) is 0 Å². The van der Waals surface area contributed by atoms with Crippen molar-refractivity contribution in [2.75, 3.05) is 0 Å². The van der Waals surface area contributed by atoms with Crippen LogP contribution in [0.4, 0.5) is 0 Å². The Labute approximate surface area is 134 Å². The lowest BCUT2D eigenvalue weighted by molar-refractivity contribution is 0.0686. The fourth-order valence-corrected chi connectivity index (χ4v) is 2.50. The lowest BCUT2D eigenvalue weighted by atomic mass is 10.2. The molecule has 3 aromatic rings. The van der Waals surface area contributed by atoms with Crippen LogP contribution in [0.2, 0.25) is 0 Å². The van der Waals surface area contributed by atoms with E-state index in [1.165, 1.54) is 5.56 Å². The molecule has 23 heavy (non-hydrogen) atoms. The van der Waals surface area contributed by atoms with Crippen molar-refractivity contribution in [3.63, 3.8) is 0 Å². The van der Waals surface area contributed by atoms with E-state index in [1.54, 1.807) is 10.6 Å². The second-order valence-corrected chi connectivity index (χ2v) is 5.43. The normalized spacial score (nSPS) is 10.9. The summed E-state index contributed by atoms with van der Waals surface area (Å²) in [5.41, 5.74) is 3.43. The van der Waals surface area contributed by atoms with E-state index in [0.29, 0.717) is 17.1 Å². The molecule has 2 aromatic heterocycles. The summed E-state index contributed by atoms with van der Waals surface area (Å²) < 4.78 is 7.28. The SMILES string of the molecule is CCc1ccc(OCc2nc3cc(C)ccn3c2C(=O)O)cc1. The van der Waals surface area contributed by atoms with Crippen LogP contribution in [0.15, 0.2) is 42.6 Å². The zero-order valence-electron chi connectivity index (χ0n) is 13.1. The molecule has 0 radical (unpaired) electrons. The molecular formula is C18H18N2O3. The maximum absolute atomic E-state index is 11.6. The lowest BCUT2D eigenvalue weighted by Crippen LogP contribution is -2.07. The summed E-state index contributed by atoms with van der Waals surface area (Å²) in [7, 11) is 0. The van der Waals surface area contributed by atoms with Crippen LogP contribution in [0, 0.1) is 6.92 Å². The van der Waals surface area contributed by atoms with E-state index < -0.39 is 5.97 Å². The van der Waals surface area contributed by atoms with E-state index >= 15 is 0 Å². The van der Waals surface area contributed by atoms with Crippen molar-refractivity contribution in [2.24, 2.45) is 0 Å². The van der Waals surface area contributed by atoms with Gasteiger partial charge in [-0.1, -0.05) is 19.1 Å². The van der Waals surface area contributed by atoms with Crippen molar-refractivity contribution in [3.05, 3.63) is 65.1 Å². The number of carboxylic acids is 1. The highest BCUT2D eigenvalue weighted by atomic mass is 16.5. The second kappa shape index (κ2) is 6.12. The molecule has 1 aromatic carbocycles. The number of rotatable bonds is 5. The first-order valence-corrected chi connectivity index (χ1v) is 7.51. The van der Waals surface area contributed by atoms with Crippen molar-refractivity contribution in [2.45, 2.75) is 26.9 Å². The Bertz CT molecular complexity index is 851. The van der Waals surface area contributed by atoms with Gasteiger partial charge in [0.05, 0.1) is 0 Å². The molecule has 0 saturated carbocycles. The molecule has 0 unspecified atom stereocenters. The molecule has 0 aliphatic carbocycles. The van der Waals surface area contributed by atoms with Crippen LogP contribution in [-0.4, -0.2) is 20.5 Å². The fraction of sp³-hybridized carbons (Fsp3) is 0.222. The predicted octanol–water partition coefficient (Wildman–Crippen LogP) is 3.48. The number of nitrogens with zero attached hydrogens (tertiary/aromatic N) is 2. The zero-order valence-corrected chi connectivity index (χ0v) is 13.1. The Hall–Kier alpha value is -2.82. The van der Waals surface area contributed by atoms with E-state index in [9.17, 15) is 9.90 Å². The second-order valence-electron chi connectivity index (χ2n) is 5.43. The van der Waals surface area contributed by atoms with Gasteiger partial charge in [0.1, 0.15) is 23.7 Å². The van der Waals surface area contributed by atoms with Crippen LogP contribution in [0.25, 0.3) is 5.65 Å². The Kier molecular flexibility index (Phi) is 4.02. The Morgan fingerprint density at radius 3 is 2.65 bits per heavy atom. The number of ether oxygens (including phenoxy) is 1. The first kappa shape index (κ1) is 15.1. The number of pyridine rings is 1.